The third kappa shape index (κ3) is 5.57. The van der Waals surface area contributed by atoms with Crippen LogP contribution >= 0.6 is 0 Å². The summed E-state index contributed by atoms with van der Waals surface area (Å²) in [6.45, 7) is 8.99. The molecule has 0 aliphatic heterocycles. The fourth-order valence-corrected chi connectivity index (χ4v) is 1.39. The summed E-state index contributed by atoms with van der Waals surface area (Å²) in [5, 5.41) is 3.35. The van der Waals surface area contributed by atoms with E-state index in [1.165, 1.54) is 5.56 Å². The van der Waals surface area contributed by atoms with Gasteiger partial charge in [0.1, 0.15) is 6.61 Å². The van der Waals surface area contributed by atoms with Crippen LogP contribution in [0.25, 0.3) is 0 Å². The number of ether oxygens (including phenoxy) is 1. The molecule has 0 saturated carbocycles. The van der Waals surface area contributed by atoms with E-state index in [1.54, 1.807) is 0 Å². The van der Waals surface area contributed by atoms with Gasteiger partial charge in [-0.2, -0.15) is 0 Å². The van der Waals surface area contributed by atoms with Crippen molar-refractivity contribution in [2.24, 2.45) is 0 Å². The minimum Gasteiger partial charge on any atom is -0.476 e. The second kappa shape index (κ2) is 7.46. The Bertz CT molecular complexity index is 360. The van der Waals surface area contributed by atoms with Crippen LogP contribution in [0, 0.1) is 0 Å². The zero-order valence-electron chi connectivity index (χ0n) is 12.9. The molecule has 1 rings (SSSR count). The molecule has 0 aliphatic rings. The topological polar surface area (TPSA) is 37.4 Å². The normalized spacial score (nSPS) is 11.9. The lowest BCUT2D eigenvalue weighted by Crippen LogP contribution is -2.43. The number of pyridine rings is 1. The summed E-state index contributed by atoms with van der Waals surface area (Å²) in [7, 11) is 4.11. The molecule has 0 bridgehead atoms. The smallest absolute Gasteiger partial charge is 0.213 e. The maximum atomic E-state index is 5.74. The molecule has 0 aromatic carbocycles. The number of nitrogens with one attached hydrogen (secondary N) is 1. The molecule has 0 fully saturated rings. The predicted molar refractivity (Wildman–Crippen MR) is 79.5 cm³/mol. The van der Waals surface area contributed by atoms with Crippen molar-refractivity contribution in [1.82, 2.24) is 15.2 Å². The minimum absolute atomic E-state index is 0.00301. The highest BCUT2D eigenvalue weighted by molar-refractivity contribution is 5.17. The quantitative estimate of drug-likeness (QED) is 0.732. The number of likely N-dealkylation sites (N-methyl/N-ethyl adjacent to an activating group) is 1. The fourth-order valence-electron chi connectivity index (χ4n) is 1.39. The second-order valence-corrected chi connectivity index (χ2v) is 5.68. The molecule has 108 valence electrons. The second-order valence-electron chi connectivity index (χ2n) is 5.68. The van der Waals surface area contributed by atoms with Crippen LogP contribution in [0.2, 0.25) is 0 Å². The van der Waals surface area contributed by atoms with Crippen molar-refractivity contribution < 1.29 is 4.74 Å². The first-order chi connectivity index (χ1) is 8.95. The minimum atomic E-state index is 0.00301. The molecule has 1 aromatic rings. The van der Waals surface area contributed by atoms with E-state index in [1.807, 2.05) is 12.3 Å². The van der Waals surface area contributed by atoms with E-state index in [0.29, 0.717) is 12.5 Å². The van der Waals surface area contributed by atoms with Gasteiger partial charge in [0, 0.05) is 24.3 Å². The largest absolute Gasteiger partial charge is 0.476 e. The van der Waals surface area contributed by atoms with Gasteiger partial charge >= 0.3 is 0 Å². The predicted octanol–water partition coefficient (Wildman–Crippen LogP) is 2.30. The Labute approximate surface area is 117 Å². The molecule has 0 atom stereocenters. The molecule has 0 amide bonds. The van der Waals surface area contributed by atoms with Crippen molar-refractivity contribution in [3.05, 3.63) is 23.9 Å². The highest BCUT2D eigenvalue weighted by Gasteiger charge is 2.21. The molecular weight excluding hydrogens is 238 g/mol. The lowest BCUT2D eigenvalue weighted by molar-refractivity contribution is 0.111. The van der Waals surface area contributed by atoms with Gasteiger partial charge in [0.15, 0.2) is 0 Å². The van der Waals surface area contributed by atoms with Crippen molar-refractivity contribution in [3.8, 4) is 5.88 Å². The Balaban J connectivity index is 2.44. The van der Waals surface area contributed by atoms with Crippen LogP contribution in [0.3, 0.4) is 0 Å². The van der Waals surface area contributed by atoms with Crippen LogP contribution in [0.15, 0.2) is 18.3 Å². The van der Waals surface area contributed by atoms with Gasteiger partial charge < -0.3 is 15.0 Å². The molecule has 1 N–H and O–H groups in total. The molecule has 0 unspecified atom stereocenters. The summed E-state index contributed by atoms with van der Waals surface area (Å²) in [6, 6.07) is 4.00. The van der Waals surface area contributed by atoms with E-state index in [4.69, 9.17) is 4.74 Å². The standard InChI is InChI=1S/C15H27N3O/c1-6-9-16-10-13-7-8-14(17-11-13)19-12-15(2,3)18(4)5/h7-8,11,16H,6,9-10,12H2,1-5H3. The van der Waals surface area contributed by atoms with Crippen molar-refractivity contribution in [2.45, 2.75) is 39.3 Å². The maximum Gasteiger partial charge on any atom is 0.213 e. The van der Waals surface area contributed by atoms with Crippen LogP contribution in [0.5, 0.6) is 5.88 Å². The SMILES string of the molecule is CCCNCc1ccc(OCC(C)(C)N(C)C)nc1. The van der Waals surface area contributed by atoms with Crippen LogP contribution in [0.1, 0.15) is 32.8 Å². The molecule has 1 heterocycles. The highest BCUT2D eigenvalue weighted by atomic mass is 16.5. The van der Waals surface area contributed by atoms with Crippen LogP contribution < -0.4 is 10.1 Å². The Kier molecular flexibility index (Phi) is 6.25. The number of nitrogens with zero attached hydrogens (tertiary/aromatic N) is 2. The van der Waals surface area contributed by atoms with Gasteiger partial charge in [-0.3, -0.25) is 0 Å². The average Bonchev–Trinajstić information content (AvgIpc) is 2.38. The molecule has 0 spiro atoms. The first kappa shape index (κ1) is 15.9. The maximum absolute atomic E-state index is 5.74. The van der Waals surface area contributed by atoms with E-state index in [9.17, 15) is 0 Å². The third-order valence-corrected chi connectivity index (χ3v) is 3.34. The fraction of sp³-hybridized carbons (Fsp3) is 0.667. The van der Waals surface area contributed by atoms with Gasteiger partial charge in [0.05, 0.1) is 0 Å². The van der Waals surface area contributed by atoms with Gasteiger partial charge in [-0.1, -0.05) is 13.0 Å². The summed E-state index contributed by atoms with van der Waals surface area (Å²) in [6.07, 6.45) is 3.02. The van der Waals surface area contributed by atoms with E-state index < -0.39 is 0 Å². The number of rotatable bonds is 8. The first-order valence-corrected chi connectivity index (χ1v) is 6.91. The van der Waals surface area contributed by atoms with Gasteiger partial charge in [0.2, 0.25) is 5.88 Å². The van der Waals surface area contributed by atoms with Crippen molar-refractivity contribution in [1.29, 1.82) is 0 Å². The zero-order chi connectivity index (χ0) is 14.3. The van der Waals surface area contributed by atoms with Gasteiger partial charge in [-0.15, -0.1) is 0 Å². The van der Waals surface area contributed by atoms with Crippen molar-refractivity contribution >= 4 is 0 Å². The molecule has 0 saturated heterocycles. The summed E-state index contributed by atoms with van der Waals surface area (Å²) >= 11 is 0. The molecule has 19 heavy (non-hydrogen) atoms. The molecule has 1 aromatic heterocycles. The molecule has 0 aliphatic carbocycles. The van der Waals surface area contributed by atoms with E-state index in [2.05, 4.69) is 56.1 Å². The lowest BCUT2D eigenvalue weighted by Gasteiger charge is -2.31. The summed E-state index contributed by atoms with van der Waals surface area (Å²) in [5.41, 5.74) is 1.19. The summed E-state index contributed by atoms with van der Waals surface area (Å²) in [5.74, 6) is 0.689. The Hall–Kier alpha value is -1.13. The van der Waals surface area contributed by atoms with Crippen LogP contribution in [-0.2, 0) is 6.54 Å². The Morgan fingerprint density at radius 3 is 2.58 bits per heavy atom. The third-order valence-electron chi connectivity index (χ3n) is 3.34. The Morgan fingerprint density at radius 1 is 1.32 bits per heavy atom. The molecule has 4 heteroatoms. The van der Waals surface area contributed by atoms with Gasteiger partial charge in [-0.05, 0) is 46.5 Å². The monoisotopic (exact) mass is 265 g/mol. The van der Waals surface area contributed by atoms with E-state index >= 15 is 0 Å². The Morgan fingerprint density at radius 2 is 2.05 bits per heavy atom. The van der Waals surface area contributed by atoms with Crippen molar-refractivity contribution in [3.63, 3.8) is 0 Å². The summed E-state index contributed by atoms with van der Waals surface area (Å²) in [4.78, 5) is 6.49. The van der Waals surface area contributed by atoms with E-state index in [0.717, 1.165) is 19.5 Å². The lowest BCUT2D eigenvalue weighted by atomic mass is 10.1. The van der Waals surface area contributed by atoms with Crippen LogP contribution in [0.4, 0.5) is 0 Å². The average molecular weight is 265 g/mol. The number of hydrogen-bond donors (Lipinski definition) is 1. The van der Waals surface area contributed by atoms with Crippen LogP contribution in [-0.4, -0.2) is 42.7 Å². The molecule has 4 nitrogen and oxygen atoms in total. The van der Waals surface area contributed by atoms with Gasteiger partial charge in [-0.25, -0.2) is 4.98 Å². The molecular formula is C15H27N3O. The van der Waals surface area contributed by atoms with Crippen molar-refractivity contribution in [2.75, 3.05) is 27.2 Å². The van der Waals surface area contributed by atoms with E-state index in [-0.39, 0.29) is 5.54 Å². The number of hydrogen-bond acceptors (Lipinski definition) is 4. The first-order valence-electron chi connectivity index (χ1n) is 6.91. The number of aromatic nitrogens is 1. The van der Waals surface area contributed by atoms with Gasteiger partial charge in [0.25, 0.3) is 0 Å². The molecule has 0 radical (unpaired) electrons. The zero-order valence-corrected chi connectivity index (χ0v) is 12.9. The highest BCUT2D eigenvalue weighted by Crippen LogP contribution is 2.14. The summed E-state index contributed by atoms with van der Waals surface area (Å²) < 4.78 is 5.74.